The minimum atomic E-state index is -0.664. The minimum Gasteiger partial charge on any atom is -0.360 e. The number of amides is 1. The van der Waals surface area contributed by atoms with Crippen LogP contribution in [-0.2, 0) is 4.79 Å². The Morgan fingerprint density at radius 1 is 1.12 bits per heavy atom. The second kappa shape index (κ2) is 8.02. The van der Waals surface area contributed by atoms with Crippen LogP contribution in [0.1, 0.15) is 0 Å². The second-order valence-electron chi connectivity index (χ2n) is 4.52. The van der Waals surface area contributed by atoms with Gasteiger partial charge >= 0.3 is 0 Å². The van der Waals surface area contributed by atoms with Crippen molar-refractivity contribution in [2.24, 2.45) is 0 Å². The van der Waals surface area contributed by atoms with E-state index in [1.165, 1.54) is 30.5 Å². The number of anilines is 2. The number of nitrogens with zero attached hydrogens (tertiary/aromatic N) is 1. The van der Waals surface area contributed by atoms with E-state index in [-0.39, 0.29) is 15.6 Å². The van der Waals surface area contributed by atoms with E-state index in [4.69, 9.17) is 40.1 Å². The van der Waals surface area contributed by atoms with Crippen molar-refractivity contribution in [1.29, 1.82) is 5.26 Å². The third-order valence-electron chi connectivity index (χ3n) is 2.85. The van der Waals surface area contributed by atoms with Crippen molar-refractivity contribution >= 4 is 52.1 Å². The summed E-state index contributed by atoms with van der Waals surface area (Å²) in [5, 5.41) is 14.9. The van der Waals surface area contributed by atoms with Crippen molar-refractivity contribution in [1.82, 2.24) is 0 Å². The Morgan fingerprint density at radius 3 is 2.50 bits per heavy atom. The molecule has 0 atom stereocenters. The lowest BCUT2D eigenvalue weighted by molar-refractivity contribution is -0.112. The zero-order valence-corrected chi connectivity index (χ0v) is 14.2. The molecule has 0 bridgehead atoms. The Bertz CT molecular complexity index is 862. The molecule has 0 heterocycles. The molecule has 0 aliphatic carbocycles. The fourth-order valence-electron chi connectivity index (χ4n) is 1.67. The predicted octanol–water partition coefficient (Wildman–Crippen LogP) is 5.24. The molecule has 0 fully saturated rings. The first kappa shape index (κ1) is 18.1. The number of nitrogens with one attached hydrogen (secondary N) is 2. The first-order valence-corrected chi connectivity index (χ1v) is 7.62. The van der Waals surface area contributed by atoms with Crippen LogP contribution in [0.5, 0.6) is 0 Å². The van der Waals surface area contributed by atoms with Gasteiger partial charge in [-0.2, -0.15) is 5.26 Å². The van der Waals surface area contributed by atoms with Gasteiger partial charge in [-0.1, -0.05) is 34.8 Å². The van der Waals surface area contributed by atoms with E-state index in [0.717, 1.165) is 6.07 Å². The maximum atomic E-state index is 13.1. The second-order valence-corrected chi connectivity index (χ2v) is 5.77. The third kappa shape index (κ3) is 4.62. The number of hydrogen-bond donors (Lipinski definition) is 2. The van der Waals surface area contributed by atoms with E-state index in [0.29, 0.717) is 16.4 Å². The van der Waals surface area contributed by atoms with Crippen LogP contribution in [0, 0.1) is 17.1 Å². The molecule has 2 N–H and O–H groups in total. The molecule has 4 nitrogen and oxygen atoms in total. The van der Waals surface area contributed by atoms with Crippen molar-refractivity contribution < 1.29 is 9.18 Å². The van der Waals surface area contributed by atoms with E-state index in [2.05, 4.69) is 10.6 Å². The summed E-state index contributed by atoms with van der Waals surface area (Å²) >= 11 is 17.4. The van der Waals surface area contributed by atoms with E-state index in [1.54, 1.807) is 12.1 Å². The van der Waals surface area contributed by atoms with Crippen LogP contribution in [-0.4, -0.2) is 5.91 Å². The Kier molecular flexibility index (Phi) is 6.04. The summed E-state index contributed by atoms with van der Waals surface area (Å²) in [6.07, 6.45) is 1.18. The molecule has 0 saturated carbocycles. The maximum absolute atomic E-state index is 13.1. The van der Waals surface area contributed by atoms with Crippen LogP contribution in [0.3, 0.4) is 0 Å². The van der Waals surface area contributed by atoms with Crippen LogP contribution in [0.25, 0.3) is 0 Å². The smallest absolute Gasteiger partial charge is 0.267 e. The average Bonchev–Trinajstić information content (AvgIpc) is 2.54. The normalized spacial score (nSPS) is 10.9. The molecule has 0 spiro atoms. The van der Waals surface area contributed by atoms with Crippen LogP contribution in [0.4, 0.5) is 15.8 Å². The van der Waals surface area contributed by atoms with Crippen LogP contribution in [0.15, 0.2) is 48.2 Å². The Hall–Kier alpha value is -2.26. The molecule has 24 heavy (non-hydrogen) atoms. The highest BCUT2D eigenvalue weighted by Crippen LogP contribution is 2.25. The summed E-state index contributed by atoms with van der Waals surface area (Å²) in [4.78, 5) is 12.1. The Balaban J connectivity index is 2.13. The molecule has 0 aromatic heterocycles. The summed E-state index contributed by atoms with van der Waals surface area (Å²) in [7, 11) is 0. The number of halogens is 4. The molecule has 2 aromatic carbocycles. The molecule has 2 rings (SSSR count). The lowest BCUT2D eigenvalue weighted by Gasteiger charge is -2.07. The number of carbonyl (C=O) groups excluding carboxylic acids is 1. The van der Waals surface area contributed by atoms with E-state index >= 15 is 0 Å². The fourth-order valence-corrected chi connectivity index (χ4v) is 2.31. The molecule has 2 aromatic rings. The zero-order valence-electron chi connectivity index (χ0n) is 11.9. The number of hydrogen-bond acceptors (Lipinski definition) is 3. The molecule has 0 aliphatic rings. The first-order chi connectivity index (χ1) is 11.4. The summed E-state index contributed by atoms with van der Waals surface area (Å²) in [5.74, 6) is -1.23. The van der Waals surface area contributed by atoms with E-state index < -0.39 is 11.7 Å². The largest absolute Gasteiger partial charge is 0.360 e. The van der Waals surface area contributed by atoms with E-state index in [9.17, 15) is 9.18 Å². The van der Waals surface area contributed by atoms with Gasteiger partial charge in [0.05, 0.1) is 15.7 Å². The van der Waals surface area contributed by atoms with Crippen LogP contribution < -0.4 is 10.6 Å². The van der Waals surface area contributed by atoms with Crippen LogP contribution in [0.2, 0.25) is 15.1 Å². The first-order valence-electron chi connectivity index (χ1n) is 6.49. The van der Waals surface area contributed by atoms with Gasteiger partial charge in [0.1, 0.15) is 17.5 Å². The van der Waals surface area contributed by atoms with Crippen molar-refractivity contribution in [3.8, 4) is 6.07 Å². The summed E-state index contributed by atoms with van der Waals surface area (Å²) in [6, 6.07) is 10.2. The van der Waals surface area contributed by atoms with Gasteiger partial charge in [0, 0.05) is 16.9 Å². The molecule has 0 aliphatic heterocycles. The quantitative estimate of drug-likeness (QED) is 0.559. The number of rotatable bonds is 4. The van der Waals surface area contributed by atoms with Gasteiger partial charge in [0.15, 0.2) is 0 Å². The topological polar surface area (TPSA) is 64.9 Å². The molecule has 122 valence electrons. The highest BCUT2D eigenvalue weighted by molar-refractivity contribution is 6.36. The van der Waals surface area contributed by atoms with Gasteiger partial charge in [-0.15, -0.1) is 0 Å². The van der Waals surface area contributed by atoms with Crippen molar-refractivity contribution in [3.63, 3.8) is 0 Å². The molecule has 0 saturated heterocycles. The highest BCUT2D eigenvalue weighted by Gasteiger charge is 2.11. The number of benzene rings is 2. The molecular formula is C16H9Cl3FN3O. The summed E-state index contributed by atoms with van der Waals surface area (Å²) in [5.41, 5.74) is 0.532. The maximum Gasteiger partial charge on any atom is 0.267 e. The zero-order chi connectivity index (χ0) is 17.7. The van der Waals surface area contributed by atoms with Gasteiger partial charge in [0.25, 0.3) is 5.91 Å². The van der Waals surface area contributed by atoms with Gasteiger partial charge in [-0.25, -0.2) is 4.39 Å². The molecular weight excluding hydrogens is 376 g/mol. The average molecular weight is 385 g/mol. The molecule has 0 unspecified atom stereocenters. The van der Waals surface area contributed by atoms with Gasteiger partial charge in [0.2, 0.25) is 0 Å². The lowest BCUT2D eigenvalue weighted by atomic mass is 10.2. The molecule has 1 amide bonds. The van der Waals surface area contributed by atoms with E-state index in [1.807, 2.05) is 0 Å². The Morgan fingerprint density at radius 2 is 1.88 bits per heavy atom. The number of nitriles is 1. The van der Waals surface area contributed by atoms with Crippen LogP contribution >= 0.6 is 34.8 Å². The highest BCUT2D eigenvalue weighted by atomic mass is 35.5. The monoisotopic (exact) mass is 383 g/mol. The fraction of sp³-hybridized carbons (Fsp3) is 0. The SMILES string of the molecule is N#C/C(=C/Nc1ccc(F)c(Cl)c1)C(=O)Nc1ccc(Cl)cc1Cl. The lowest BCUT2D eigenvalue weighted by Crippen LogP contribution is -2.14. The third-order valence-corrected chi connectivity index (χ3v) is 3.68. The van der Waals surface area contributed by atoms with Crippen molar-refractivity contribution in [3.05, 3.63) is 69.1 Å². The van der Waals surface area contributed by atoms with Gasteiger partial charge < -0.3 is 10.6 Å². The van der Waals surface area contributed by atoms with Crippen molar-refractivity contribution in [2.45, 2.75) is 0 Å². The Labute approximate surface area is 152 Å². The van der Waals surface area contributed by atoms with Gasteiger partial charge in [-0.05, 0) is 36.4 Å². The molecule has 0 radical (unpaired) electrons. The minimum absolute atomic E-state index is 0.0793. The standard InChI is InChI=1S/C16H9Cl3FN3O/c17-10-1-4-15(13(19)5-10)23-16(24)9(7-21)8-22-11-2-3-14(20)12(18)6-11/h1-6,8,22H,(H,23,24)/b9-8-. The number of carbonyl (C=O) groups is 1. The van der Waals surface area contributed by atoms with Crippen molar-refractivity contribution in [2.75, 3.05) is 10.6 Å². The molecule has 8 heteroatoms. The summed E-state index contributed by atoms with van der Waals surface area (Å²) in [6.45, 7) is 0. The summed E-state index contributed by atoms with van der Waals surface area (Å²) < 4.78 is 13.1. The van der Waals surface area contributed by atoms with Gasteiger partial charge in [-0.3, -0.25) is 4.79 Å². The predicted molar refractivity (Wildman–Crippen MR) is 93.8 cm³/mol.